The maximum Gasteiger partial charge on any atom is 0.407 e. The van der Waals surface area contributed by atoms with E-state index < -0.39 is 18.3 Å². The molecule has 1 aliphatic heterocycles. The molecule has 0 aromatic heterocycles. The van der Waals surface area contributed by atoms with Crippen LogP contribution in [0.4, 0.5) is 9.18 Å². The molecule has 0 aromatic rings. The summed E-state index contributed by atoms with van der Waals surface area (Å²) in [6.07, 6.45) is -1.86. The zero-order valence-corrected chi connectivity index (χ0v) is 6.03. The second-order valence-corrected chi connectivity index (χ2v) is 2.70. The maximum absolute atomic E-state index is 12.7. The summed E-state index contributed by atoms with van der Waals surface area (Å²) in [5.41, 5.74) is 5.33. The van der Waals surface area contributed by atoms with Gasteiger partial charge in [0.25, 0.3) is 0 Å². The number of carbonyl (C=O) groups is 1. The van der Waals surface area contributed by atoms with Crippen molar-refractivity contribution in [2.75, 3.05) is 13.1 Å². The van der Waals surface area contributed by atoms with Gasteiger partial charge in [-0.15, -0.1) is 0 Å². The molecular weight excluding hydrogens is 151 g/mol. The van der Waals surface area contributed by atoms with E-state index in [4.69, 9.17) is 10.8 Å². The fraction of sp³-hybridized carbons (Fsp3) is 0.833. The van der Waals surface area contributed by atoms with E-state index in [2.05, 4.69) is 0 Å². The van der Waals surface area contributed by atoms with Gasteiger partial charge >= 0.3 is 6.09 Å². The molecule has 2 atom stereocenters. The lowest BCUT2D eigenvalue weighted by molar-refractivity contribution is 0.103. The number of rotatable bonds is 0. The molecule has 5 heteroatoms. The van der Waals surface area contributed by atoms with Crippen molar-refractivity contribution in [2.45, 2.75) is 18.6 Å². The number of hydrogen-bond acceptors (Lipinski definition) is 2. The van der Waals surface area contributed by atoms with Crippen molar-refractivity contribution in [3.05, 3.63) is 0 Å². The molecule has 1 rings (SSSR count). The number of hydrogen-bond donors (Lipinski definition) is 2. The molecule has 0 radical (unpaired) electrons. The topological polar surface area (TPSA) is 66.6 Å². The van der Waals surface area contributed by atoms with Crippen LogP contribution in [0.25, 0.3) is 0 Å². The Kier molecular flexibility index (Phi) is 2.28. The molecule has 0 spiro atoms. The Balaban J connectivity index is 2.46. The number of nitrogens with zero attached hydrogens (tertiary/aromatic N) is 1. The van der Waals surface area contributed by atoms with Crippen molar-refractivity contribution in [3.63, 3.8) is 0 Å². The molecule has 0 aromatic carbocycles. The minimum atomic E-state index is -1.05. The van der Waals surface area contributed by atoms with Crippen LogP contribution in [0.2, 0.25) is 0 Å². The number of amides is 1. The van der Waals surface area contributed by atoms with Crippen LogP contribution in [-0.4, -0.2) is 41.4 Å². The summed E-state index contributed by atoms with van der Waals surface area (Å²) < 4.78 is 12.7. The zero-order chi connectivity index (χ0) is 8.43. The van der Waals surface area contributed by atoms with Crippen LogP contribution >= 0.6 is 0 Å². The Bertz CT molecular complexity index is 165. The highest BCUT2D eigenvalue weighted by atomic mass is 19.1. The number of likely N-dealkylation sites (tertiary alicyclic amines) is 1. The van der Waals surface area contributed by atoms with Gasteiger partial charge in [0.15, 0.2) is 0 Å². The number of piperidine rings is 1. The third-order valence-electron chi connectivity index (χ3n) is 1.84. The Morgan fingerprint density at radius 1 is 1.73 bits per heavy atom. The average Bonchev–Trinajstić information content (AvgIpc) is 1.94. The van der Waals surface area contributed by atoms with Crippen molar-refractivity contribution in [3.8, 4) is 0 Å². The summed E-state index contributed by atoms with van der Waals surface area (Å²) >= 11 is 0. The molecule has 0 aliphatic carbocycles. The molecule has 11 heavy (non-hydrogen) atoms. The minimum absolute atomic E-state index is 0.108. The van der Waals surface area contributed by atoms with Crippen molar-refractivity contribution in [2.24, 2.45) is 5.73 Å². The van der Waals surface area contributed by atoms with E-state index in [1.54, 1.807) is 0 Å². The first-order valence-electron chi connectivity index (χ1n) is 3.49. The fourth-order valence-electron chi connectivity index (χ4n) is 1.13. The lowest BCUT2D eigenvalue weighted by Crippen LogP contribution is -2.51. The lowest BCUT2D eigenvalue weighted by atomic mass is 10.1. The first-order chi connectivity index (χ1) is 5.11. The van der Waals surface area contributed by atoms with Crippen molar-refractivity contribution in [1.29, 1.82) is 0 Å². The monoisotopic (exact) mass is 162 g/mol. The van der Waals surface area contributed by atoms with Crippen LogP contribution in [0, 0.1) is 0 Å². The molecule has 1 heterocycles. The van der Waals surface area contributed by atoms with Crippen molar-refractivity contribution in [1.82, 2.24) is 4.90 Å². The van der Waals surface area contributed by atoms with Gasteiger partial charge < -0.3 is 15.7 Å². The first kappa shape index (κ1) is 8.26. The van der Waals surface area contributed by atoms with Crippen LogP contribution in [0.5, 0.6) is 0 Å². The van der Waals surface area contributed by atoms with Crippen LogP contribution in [-0.2, 0) is 0 Å². The molecule has 64 valence electrons. The Morgan fingerprint density at radius 2 is 2.36 bits per heavy atom. The Morgan fingerprint density at radius 3 is 2.82 bits per heavy atom. The predicted octanol–water partition coefficient (Wildman–Crippen LogP) is 0.0355. The van der Waals surface area contributed by atoms with Crippen LogP contribution in [0.3, 0.4) is 0 Å². The SMILES string of the molecule is N[C@H]1CN(C(=O)O)CC[C@@H]1F. The van der Waals surface area contributed by atoms with E-state index in [1.807, 2.05) is 0 Å². The molecule has 1 amide bonds. The van der Waals surface area contributed by atoms with E-state index in [9.17, 15) is 9.18 Å². The highest BCUT2D eigenvalue weighted by molar-refractivity contribution is 5.65. The highest BCUT2D eigenvalue weighted by Crippen LogP contribution is 2.12. The number of carboxylic acid groups (broad SMARTS) is 1. The van der Waals surface area contributed by atoms with Crippen LogP contribution < -0.4 is 5.73 Å². The zero-order valence-electron chi connectivity index (χ0n) is 6.03. The third-order valence-corrected chi connectivity index (χ3v) is 1.84. The van der Waals surface area contributed by atoms with Crippen molar-refractivity contribution < 1.29 is 14.3 Å². The molecule has 0 unspecified atom stereocenters. The van der Waals surface area contributed by atoms with E-state index in [-0.39, 0.29) is 19.5 Å². The Hall–Kier alpha value is -0.840. The van der Waals surface area contributed by atoms with Gasteiger partial charge in [0.05, 0.1) is 6.04 Å². The molecule has 4 nitrogen and oxygen atoms in total. The molecule has 0 saturated carbocycles. The summed E-state index contributed by atoms with van der Waals surface area (Å²) in [5, 5.41) is 8.49. The second-order valence-electron chi connectivity index (χ2n) is 2.70. The van der Waals surface area contributed by atoms with Gasteiger partial charge in [0.2, 0.25) is 0 Å². The number of nitrogens with two attached hydrogens (primary N) is 1. The molecular formula is C6H11FN2O2. The van der Waals surface area contributed by atoms with E-state index in [0.29, 0.717) is 0 Å². The van der Waals surface area contributed by atoms with Gasteiger partial charge in [-0.2, -0.15) is 0 Å². The summed E-state index contributed by atoms with van der Waals surface area (Å²) in [5.74, 6) is 0. The first-order valence-corrected chi connectivity index (χ1v) is 3.49. The minimum Gasteiger partial charge on any atom is -0.465 e. The van der Waals surface area contributed by atoms with E-state index >= 15 is 0 Å². The van der Waals surface area contributed by atoms with E-state index in [1.165, 1.54) is 0 Å². The normalized spacial score (nSPS) is 32.0. The summed E-state index contributed by atoms with van der Waals surface area (Å²) in [7, 11) is 0. The average molecular weight is 162 g/mol. The maximum atomic E-state index is 12.7. The van der Waals surface area contributed by atoms with Gasteiger partial charge in [-0.3, -0.25) is 0 Å². The number of halogens is 1. The summed E-state index contributed by atoms with van der Waals surface area (Å²) in [4.78, 5) is 11.5. The molecule has 3 N–H and O–H groups in total. The third kappa shape index (κ3) is 1.80. The predicted molar refractivity (Wildman–Crippen MR) is 37.1 cm³/mol. The molecule has 1 aliphatic rings. The lowest BCUT2D eigenvalue weighted by Gasteiger charge is -2.30. The second kappa shape index (κ2) is 3.04. The molecule has 0 bridgehead atoms. The van der Waals surface area contributed by atoms with E-state index in [0.717, 1.165) is 4.90 Å². The fourth-order valence-corrected chi connectivity index (χ4v) is 1.13. The van der Waals surface area contributed by atoms with Gasteiger partial charge in [0, 0.05) is 13.1 Å². The van der Waals surface area contributed by atoms with Crippen LogP contribution in [0.15, 0.2) is 0 Å². The smallest absolute Gasteiger partial charge is 0.407 e. The quantitative estimate of drug-likeness (QED) is 0.528. The number of alkyl halides is 1. The molecule has 1 fully saturated rings. The highest BCUT2D eigenvalue weighted by Gasteiger charge is 2.28. The van der Waals surface area contributed by atoms with Gasteiger partial charge in [-0.1, -0.05) is 0 Å². The Labute approximate surface area is 63.8 Å². The van der Waals surface area contributed by atoms with Gasteiger partial charge in [0.1, 0.15) is 6.17 Å². The molecule has 1 saturated heterocycles. The van der Waals surface area contributed by atoms with Gasteiger partial charge in [-0.05, 0) is 6.42 Å². The van der Waals surface area contributed by atoms with Crippen molar-refractivity contribution >= 4 is 6.09 Å². The summed E-state index contributed by atoms with van der Waals surface area (Å²) in [6, 6.07) is -0.653. The largest absolute Gasteiger partial charge is 0.465 e. The summed E-state index contributed by atoms with van der Waals surface area (Å²) in [6.45, 7) is 0.362. The standard InChI is InChI=1S/C6H11FN2O2/c7-4-1-2-9(6(10)11)3-5(4)8/h4-5H,1-3,8H2,(H,10,11)/t4-,5-/m0/s1. The van der Waals surface area contributed by atoms with Gasteiger partial charge in [-0.25, -0.2) is 9.18 Å². The van der Waals surface area contributed by atoms with Crippen LogP contribution in [0.1, 0.15) is 6.42 Å².